The van der Waals surface area contributed by atoms with E-state index in [9.17, 15) is 14.7 Å². The fourth-order valence-electron chi connectivity index (χ4n) is 2.85. The van der Waals surface area contributed by atoms with Crippen molar-refractivity contribution in [1.82, 2.24) is 15.5 Å². The van der Waals surface area contributed by atoms with E-state index in [1.807, 2.05) is 0 Å². The molecule has 0 saturated carbocycles. The van der Waals surface area contributed by atoms with Crippen LogP contribution in [-0.4, -0.2) is 60.6 Å². The van der Waals surface area contributed by atoms with Crippen LogP contribution in [0.4, 0.5) is 0 Å². The van der Waals surface area contributed by atoms with Crippen LogP contribution in [0.3, 0.4) is 0 Å². The first-order chi connectivity index (χ1) is 10.2. The highest BCUT2D eigenvalue weighted by molar-refractivity contribution is 6.21. The molecule has 0 radical (unpaired) electrons. The van der Waals surface area contributed by atoms with Gasteiger partial charge in [-0.1, -0.05) is 12.1 Å². The van der Waals surface area contributed by atoms with Crippen molar-refractivity contribution in [2.45, 2.75) is 6.10 Å². The summed E-state index contributed by atoms with van der Waals surface area (Å²) < 4.78 is 0. The molecule has 128 valence electrons. The monoisotopic (exact) mass is 361 g/mol. The standard InChI is InChI=1S/C15H19N3O3.2ClH/c19-13-9-17-8-10(13)7-16-5-6-18-14(20)11-3-1-2-4-12(11)15(18)21;;/h1-4,10,13,16-17,19H,5-9H2;2*1H/t10-,13+;;/m0../s1. The summed E-state index contributed by atoms with van der Waals surface area (Å²) in [6.45, 7) is 2.99. The second kappa shape index (κ2) is 8.61. The quantitative estimate of drug-likeness (QED) is 0.519. The molecule has 0 aromatic heterocycles. The predicted octanol–water partition coefficient (Wildman–Crippen LogP) is 0.296. The molecule has 1 aromatic rings. The van der Waals surface area contributed by atoms with Crippen LogP contribution >= 0.6 is 24.8 Å². The number of carbonyl (C=O) groups is 2. The minimum Gasteiger partial charge on any atom is -0.391 e. The van der Waals surface area contributed by atoms with Crippen molar-refractivity contribution in [3.05, 3.63) is 35.4 Å². The number of hydrogen-bond donors (Lipinski definition) is 3. The second-order valence-corrected chi connectivity index (χ2v) is 5.50. The van der Waals surface area contributed by atoms with Gasteiger partial charge in [0, 0.05) is 38.6 Å². The molecular weight excluding hydrogens is 341 g/mol. The minimum atomic E-state index is -0.322. The van der Waals surface area contributed by atoms with Gasteiger partial charge >= 0.3 is 0 Å². The summed E-state index contributed by atoms with van der Waals surface area (Å²) in [5.41, 5.74) is 0.968. The summed E-state index contributed by atoms with van der Waals surface area (Å²) in [4.78, 5) is 25.6. The Hall–Kier alpha value is -1.18. The lowest BCUT2D eigenvalue weighted by Crippen LogP contribution is -2.39. The lowest BCUT2D eigenvalue weighted by Gasteiger charge is -2.17. The van der Waals surface area contributed by atoms with Crippen LogP contribution in [-0.2, 0) is 0 Å². The van der Waals surface area contributed by atoms with E-state index in [4.69, 9.17) is 0 Å². The number of benzene rings is 1. The van der Waals surface area contributed by atoms with Crippen LogP contribution in [0.2, 0.25) is 0 Å². The van der Waals surface area contributed by atoms with Crippen LogP contribution in [0.5, 0.6) is 0 Å². The highest BCUT2D eigenvalue weighted by atomic mass is 35.5. The van der Waals surface area contributed by atoms with Gasteiger partial charge in [0.25, 0.3) is 11.8 Å². The molecule has 0 spiro atoms. The summed E-state index contributed by atoms with van der Waals surface area (Å²) >= 11 is 0. The Balaban J connectivity index is 0.00000132. The van der Waals surface area contributed by atoms with Gasteiger partial charge in [-0.05, 0) is 12.1 Å². The van der Waals surface area contributed by atoms with E-state index < -0.39 is 0 Å². The number of nitrogens with zero attached hydrogens (tertiary/aromatic N) is 1. The molecule has 0 bridgehead atoms. The number of carbonyl (C=O) groups excluding carboxylic acids is 2. The molecule has 2 amide bonds. The van der Waals surface area contributed by atoms with Crippen molar-refractivity contribution >= 4 is 36.6 Å². The average Bonchev–Trinajstić information content (AvgIpc) is 3.00. The Morgan fingerprint density at radius 2 is 1.74 bits per heavy atom. The van der Waals surface area contributed by atoms with Gasteiger partial charge in [0.15, 0.2) is 0 Å². The molecule has 1 fully saturated rings. The molecule has 2 aliphatic rings. The maximum Gasteiger partial charge on any atom is 0.261 e. The maximum atomic E-state index is 12.1. The third-order valence-corrected chi connectivity index (χ3v) is 4.10. The van der Waals surface area contributed by atoms with Crippen molar-refractivity contribution in [3.8, 4) is 0 Å². The van der Waals surface area contributed by atoms with Crippen LogP contribution < -0.4 is 10.6 Å². The number of aliphatic hydroxyl groups is 1. The fourth-order valence-corrected chi connectivity index (χ4v) is 2.85. The highest BCUT2D eigenvalue weighted by Gasteiger charge is 2.34. The van der Waals surface area contributed by atoms with Gasteiger partial charge < -0.3 is 15.7 Å². The molecule has 23 heavy (non-hydrogen) atoms. The van der Waals surface area contributed by atoms with Crippen molar-refractivity contribution in [2.24, 2.45) is 5.92 Å². The van der Waals surface area contributed by atoms with Crippen LogP contribution in [0.1, 0.15) is 20.7 Å². The molecule has 2 atom stereocenters. The van der Waals surface area contributed by atoms with E-state index in [1.54, 1.807) is 24.3 Å². The van der Waals surface area contributed by atoms with E-state index in [0.717, 1.165) is 6.54 Å². The topological polar surface area (TPSA) is 81.7 Å². The zero-order valence-corrected chi connectivity index (χ0v) is 14.2. The molecule has 3 N–H and O–H groups in total. The minimum absolute atomic E-state index is 0. The highest BCUT2D eigenvalue weighted by Crippen LogP contribution is 2.21. The van der Waals surface area contributed by atoms with Crippen molar-refractivity contribution in [3.63, 3.8) is 0 Å². The molecular formula is C15H21Cl2N3O3. The number of β-amino-alcohol motifs (C(OH)–C–C–N with tert-alkyl or cyclic N) is 1. The lowest BCUT2D eigenvalue weighted by molar-refractivity contribution is 0.0653. The van der Waals surface area contributed by atoms with Crippen molar-refractivity contribution in [2.75, 3.05) is 32.7 Å². The van der Waals surface area contributed by atoms with Gasteiger partial charge in [-0.15, -0.1) is 24.8 Å². The summed E-state index contributed by atoms with van der Waals surface area (Å²) in [5, 5.41) is 16.0. The van der Waals surface area contributed by atoms with Crippen molar-refractivity contribution < 1.29 is 14.7 Å². The van der Waals surface area contributed by atoms with Crippen molar-refractivity contribution in [1.29, 1.82) is 0 Å². The number of amides is 2. The van der Waals surface area contributed by atoms with Gasteiger partial charge in [-0.25, -0.2) is 0 Å². The number of imide groups is 1. The van der Waals surface area contributed by atoms with E-state index in [-0.39, 0.29) is 48.7 Å². The van der Waals surface area contributed by atoms with E-state index in [1.165, 1.54) is 4.90 Å². The first-order valence-electron chi connectivity index (χ1n) is 7.23. The fraction of sp³-hybridized carbons (Fsp3) is 0.467. The number of aliphatic hydroxyl groups excluding tert-OH is 1. The number of hydrogen-bond acceptors (Lipinski definition) is 5. The van der Waals surface area contributed by atoms with Gasteiger partial charge in [0.1, 0.15) is 0 Å². The molecule has 3 rings (SSSR count). The summed E-state index contributed by atoms with van der Waals surface area (Å²) in [5.74, 6) is -0.257. The van der Waals surface area contributed by atoms with Gasteiger partial charge in [-0.3, -0.25) is 14.5 Å². The molecule has 2 aliphatic heterocycles. The molecule has 0 aliphatic carbocycles. The zero-order chi connectivity index (χ0) is 14.8. The largest absolute Gasteiger partial charge is 0.391 e. The normalized spacial score (nSPS) is 22.6. The average molecular weight is 362 g/mol. The molecule has 2 heterocycles. The lowest BCUT2D eigenvalue weighted by atomic mass is 10.1. The van der Waals surface area contributed by atoms with Crippen LogP contribution in [0, 0.1) is 5.92 Å². The molecule has 6 nitrogen and oxygen atoms in total. The molecule has 0 unspecified atom stereocenters. The van der Waals surface area contributed by atoms with E-state index in [0.29, 0.717) is 37.3 Å². The Bertz CT molecular complexity index is 536. The summed E-state index contributed by atoms with van der Waals surface area (Å²) in [6, 6.07) is 6.90. The summed E-state index contributed by atoms with van der Waals surface area (Å²) in [6.07, 6.45) is -0.322. The third-order valence-electron chi connectivity index (χ3n) is 4.10. The number of fused-ring (bicyclic) bond motifs is 1. The number of halogens is 2. The predicted molar refractivity (Wildman–Crippen MR) is 91.5 cm³/mol. The Morgan fingerprint density at radius 3 is 2.26 bits per heavy atom. The Labute approximate surface area is 147 Å². The Kier molecular flexibility index (Phi) is 7.44. The first kappa shape index (κ1) is 19.9. The van der Waals surface area contributed by atoms with Gasteiger partial charge in [0.05, 0.1) is 17.2 Å². The smallest absolute Gasteiger partial charge is 0.261 e. The Morgan fingerprint density at radius 1 is 1.13 bits per heavy atom. The molecule has 1 aromatic carbocycles. The molecule has 1 saturated heterocycles. The van der Waals surface area contributed by atoms with E-state index >= 15 is 0 Å². The van der Waals surface area contributed by atoms with E-state index in [2.05, 4.69) is 10.6 Å². The SMILES string of the molecule is Cl.Cl.O=C1c2ccccc2C(=O)N1CCNC[C@H]1CNC[C@H]1O. The zero-order valence-electron chi connectivity index (χ0n) is 12.5. The maximum absolute atomic E-state index is 12.1. The second-order valence-electron chi connectivity index (χ2n) is 5.50. The number of rotatable bonds is 5. The van der Waals surface area contributed by atoms with Gasteiger partial charge in [0.2, 0.25) is 0 Å². The number of nitrogens with one attached hydrogen (secondary N) is 2. The molecule has 8 heteroatoms. The van der Waals surface area contributed by atoms with Gasteiger partial charge in [-0.2, -0.15) is 0 Å². The summed E-state index contributed by atoms with van der Waals surface area (Å²) in [7, 11) is 0. The van der Waals surface area contributed by atoms with Crippen LogP contribution in [0.25, 0.3) is 0 Å². The van der Waals surface area contributed by atoms with Crippen LogP contribution in [0.15, 0.2) is 24.3 Å². The third kappa shape index (κ3) is 4.02. The first-order valence-corrected chi connectivity index (χ1v) is 7.23.